The average molecular weight is 188 g/mol. The lowest BCUT2D eigenvalue weighted by Crippen LogP contribution is -2.24. The Morgan fingerprint density at radius 2 is 2.14 bits per heavy atom. The van der Waals surface area contributed by atoms with Crippen molar-refractivity contribution in [3.05, 3.63) is 34.4 Å². The van der Waals surface area contributed by atoms with Crippen molar-refractivity contribution in [3.63, 3.8) is 0 Å². The molecule has 14 heavy (non-hydrogen) atoms. The highest BCUT2D eigenvalue weighted by Gasteiger charge is 2.33. The maximum atomic E-state index is 11.0. The standard InChI is InChI=1S/C13H16O/c1-8-4-9(2)13-11(5-8)7-12(13)6-10(3)14/h4,6,11H,5,7H2,1-3H3. The summed E-state index contributed by atoms with van der Waals surface area (Å²) in [6.07, 6.45) is 6.32. The van der Waals surface area contributed by atoms with Crippen molar-refractivity contribution in [3.8, 4) is 0 Å². The van der Waals surface area contributed by atoms with E-state index in [0.717, 1.165) is 6.42 Å². The molecule has 0 bridgehead atoms. The molecule has 1 heteroatoms. The van der Waals surface area contributed by atoms with E-state index in [1.165, 1.54) is 28.7 Å². The summed E-state index contributed by atoms with van der Waals surface area (Å²) in [5.41, 5.74) is 5.53. The Bertz CT molecular complexity index is 380. The number of carbonyl (C=O) groups is 1. The molecule has 0 aromatic carbocycles. The molecule has 1 fully saturated rings. The summed E-state index contributed by atoms with van der Waals surface area (Å²) in [6, 6.07) is 0. The number of rotatable bonds is 1. The zero-order chi connectivity index (χ0) is 10.3. The molecule has 2 aliphatic carbocycles. The van der Waals surface area contributed by atoms with Gasteiger partial charge in [0.25, 0.3) is 0 Å². The van der Waals surface area contributed by atoms with Crippen LogP contribution in [0.2, 0.25) is 0 Å². The third kappa shape index (κ3) is 1.47. The van der Waals surface area contributed by atoms with Crippen molar-refractivity contribution in [2.24, 2.45) is 5.92 Å². The van der Waals surface area contributed by atoms with Gasteiger partial charge in [-0.3, -0.25) is 4.79 Å². The first-order chi connectivity index (χ1) is 6.58. The monoisotopic (exact) mass is 188 g/mol. The molecule has 1 atom stereocenters. The summed E-state index contributed by atoms with van der Waals surface area (Å²) in [4.78, 5) is 11.0. The van der Waals surface area contributed by atoms with Crippen LogP contribution in [0.3, 0.4) is 0 Å². The Hall–Kier alpha value is -1.11. The SMILES string of the molecule is CC(=O)C=C1CC2CC(C)=CC(C)=C12. The van der Waals surface area contributed by atoms with Crippen LogP contribution in [0.15, 0.2) is 34.4 Å². The highest BCUT2D eigenvalue weighted by atomic mass is 16.1. The molecular weight excluding hydrogens is 172 g/mol. The van der Waals surface area contributed by atoms with Gasteiger partial charge < -0.3 is 0 Å². The van der Waals surface area contributed by atoms with Crippen LogP contribution in [-0.4, -0.2) is 5.78 Å². The second kappa shape index (κ2) is 3.23. The van der Waals surface area contributed by atoms with Crippen LogP contribution < -0.4 is 0 Å². The summed E-state index contributed by atoms with van der Waals surface area (Å²) >= 11 is 0. The first-order valence-corrected chi connectivity index (χ1v) is 5.17. The van der Waals surface area contributed by atoms with Gasteiger partial charge in [-0.1, -0.05) is 11.6 Å². The molecule has 0 spiro atoms. The quantitative estimate of drug-likeness (QED) is 0.577. The van der Waals surface area contributed by atoms with E-state index in [1.807, 2.05) is 0 Å². The van der Waals surface area contributed by atoms with Crippen molar-refractivity contribution in [2.45, 2.75) is 33.6 Å². The van der Waals surface area contributed by atoms with Crippen molar-refractivity contribution in [2.75, 3.05) is 0 Å². The number of hydrogen-bond acceptors (Lipinski definition) is 1. The van der Waals surface area contributed by atoms with Gasteiger partial charge in [-0.05, 0) is 62.3 Å². The largest absolute Gasteiger partial charge is 0.295 e. The molecule has 0 saturated heterocycles. The molecule has 2 rings (SSSR count). The van der Waals surface area contributed by atoms with Crippen LogP contribution in [0, 0.1) is 5.92 Å². The van der Waals surface area contributed by atoms with Gasteiger partial charge in [0.1, 0.15) is 0 Å². The Balaban J connectivity index is 2.33. The zero-order valence-electron chi connectivity index (χ0n) is 9.05. The van der Waals surface area contributed by atoms with Crippen LogP contribution in [0.25, 0.3) is 0 Å². The van der Waals surface area contributed by atoms with E-state index in [2.05, 4.69) is 19.9 Å². The first kappa shape index (κ1) is 9.45. The van der Waals surface area contributed by atoms with Gasteiger partial charge in [0.15, 0.2) is 5.78 Å². The fraction of sp³-hybridized carbons (Fsp3) is 0.462. The van der Waals surface area contributed by atoms with Gasteiger partial charge in [-0.25, -0.2) is 0 Å². The summed E-state index contributed by atoms with van der Waals surface area (Å²) in [6.45, 7) is 5.96. The normalized spacial score (nSPS) is 28.4. The topological polar surface area (TPSA) is 17.1 Å². The molecule has 0 N–H and O–H groups in total. The van der Waals surface area contributed by atoms with Gasteiger partial charge in [-0.15, -0.1) is 0 Å². The molecule has 2 aliphatic rings. The predicted molar refractivity (Wildman–Crippen MR) is 57.9 cm³/mol. The van der Waals surface area contributed by atoms with Gasteiger partial charge in [0.2, 0.25) is 0 Å². The lowest BCUT2D eigenvalue weighted by atomic mass is 9.67. The van der Waals surface area contributed by atoms with E-state index in [4.69, 9.17) is 0 Å². The minimum Gasteiger partial charge on any atom is -0.295 e. The lowest BCUT2D eigenvalue weighted by Gasteiger charge is -2.38. The van der Waals surface area contributed by atoms with Crippen molar-refractivity contribution < 1.29 is 4.79 Å². The van der Waals surface area contributed by atoms with Gasteiger partial charge >= 0.3 is 0 Å². The Kier molecular flexibility index (Phi) is 2.18. The second-order valence-corrected chi connectivity index (χ2v) is 4.47. The average Bonchev–Trinajstić information content (AvgIpc) is 1.98. The molecule has 0 heterocycles. The number of carbonyl (C=O) groups excluding carboxylic acids is 1. The van der Waals surface area contributed by atoms with Crippen molar-refractivity contribution >= 4 is 5.78 Å². The van der Waals surface area contributed by atoms with Crippen LogP contribution in [0.1, 0.15) is 33.6 Å². The number of ketones is 1. The predicted octanol–water partition coefficient (Wildman–Crippen LogP) is 3.19. The molecule has 0 amide bonds. The Morgan fingerprint density at radius 1 is 1.43 bits per heavy atom. The third-order valence-corrected chi connectivity index (χ3v) is 3.05. The van der Waals surface area contributed by atoms with E-state index in [0.29, 0.717) is 5.92 Å². The maximum Gasteiger partial charge on any atom is 0.152 e. The fourth-order valence-electron chi connectivity index (χ4n) is 2.64. The minimum atomic E-state index is 0.171. The number of hydrogen-bond donors (Lipinski definition) is 0. The van der Waals surface area contributed by atoms with Crippen molar-refractivity contribution in [1.29, 1.82) is 0 Å². The van der Waals surface area contributed by atoms with E-state index < -0.39 is 0 Å². The summed E-state index contributed by atoms with van der Waals surface area (Å²) in [5.74, 6) is 0.871. The number of allylic oxidation sites excluding steroid dienone is 6. The van der Waals surface area contributed by atoms with Crippen LogP contribution in [0.4, 0.5) is 0 Å². The molecule has 74 valence electrons. The van der Waals surface area contributed by atoms with Crippen LogP contribution >= 0.6 is 0 Å². The smallest absolute Gasteiger partial charge is 0.152 e. The lowest BCUT2D eigenvalue weighted by molar-refractivity contribution is -0.112. The Labute approximate surface area is 85.2 Å². The summed E-state index contributed by atoms with van der Waals surface area (Å²) in [5, 5.41) is 0. The van der Waals surface area contributed by atoms with E-state index in [9.17, 15) is 4.79 Å². The van der Waals surface area contributed by atoms with Gasteiger partial charge in [-0.2, -0.15) is 0 Å². The first-order valence-electron chi connectivity index (χ1n) is 5.17. The van der Waals surface area contributed by atoms with Crippen LogP contribution in [-0.2, 0) is 4.79 Å². The fourth-order valence-corrected chi connectivity index (χ4v) is 2.64. The molecule has 0 aromatic rings. The number of fused-ring (bicyclic) bond motifs is 1. The second-order valence-electron chi connectivity index (χ2n) is 4.47. The molecule has 0 aliphatic heterocycles. The highest BCUT2D eigenvalue weighted by Crippen LogP contribution is 2.47. The molecule has 1 unspecified atom stereocenters. The molecule has 0 aromatic heterocycles. The molecule has 1 nitrogen and oxygen atoms in total. The van der Waals surface area contributed by atoms with E-state index >= 15 is 0 Å². The van der Waals surface area contributed by atoms with E-state index in [-0.39, 0.29) is 5.78 Å². The van der Waals surface area contributed by atoms with Gasteiger partial charge in [0, 0.05) is 0 Å². The van der Waals surface area contributed by atoms with E-state index in [1.54, 1.807) is 13.0 Å². The summed E-state index contributed by atoms with van der Waals surface area (Å²) in [7, 11) is 0. The maximum absolute atomic E-state index is 11.0. The summed E-state index contributed by atoms with van der Waals surface area (Å²) < 4.78 is 0. The highest BCUT2D eigenvalue weighted by molar-refractivity contribution is 5.89. The molecular formula is C13H16O. The molecule has 0 radical (unpaired) electrons. The minimum absolute atomic E-state index is 0.171. The van der Waals surface area contributed by atoms with Crippen molar-refractivity contribution in [1.82, 2.24) is 0 Å². The zero-order valence-corrected chi connectivity index (χ0v) is 9.05. The molecule has 1 saturated carbocycles. The van der Waals surface area contributed by atoms with Gasteiger partial charge in [0.05, 0.1) is 0 Å². The van der Waals surface area contributed by atoms with Crippen LogP contribution in [0.5, 0.6) is 0 Å². The Morgan fingerprint density at radius 3 is 2.71 bits per heavy atom. The third-order valence-electron chi connectivity index (χ3n) is 3.05.